The Morgan fingerprint density at radius 1 is 1.05 bits per heavy atom. The smallest absolute Gasteiger partial charge is 0.133 e. The van der Waals surface area contributed by atoms with Crippen molar-refractivity contribution >= 4 is 5.82 Å². The molecule has 0 aromatic carbocycles. The minimum Gasteiger partial charge on any atom is -0.367 e. The SMILES string of the molecule is CC1CCCC(Nc2ncnc3c2CCCC3)C1C. The predicted molar refractivity (Wildman–Crippen MR) is 78.3 cm³/mol. The molecule has 3 rings (SSSR count). The summed E-state index contributed by atoms with van der Waals surface area (Å²) in [6.45, 7) is 4.77. The van der Waals surface area contributed by atoms with E-state index in [1.54, 1.807) is 6.33 Å². The van der Waals surface area contributed by atoms with E-state index >= 15 is 0 Å². The van der Waals surface area contributed by atoms with E-state index in [0.29, 0.717) is 6.04 Å². The molecule has 3 unspecified atom stereocenters. The molecule has 0 radical (unpaired) electrons. The zero-order chi connectivity index (χ0) is 13.2. The van der Waals surface area contributed by atoms with Gasteiger partial charge in [-0.3, -0.25) is 0 Å². The third-order valence-corrected chi connectivity index (χ3v) is 5.15. The van der Waals surface area contributed by atoms with Gasteiger partial charge in [-0.2, -0.15) is 0 Å². The second-order valence-corrected chi connectivity index (χ2v) is 6.37. The quantitative estimate of drug-likeness (QED) is 0.882. The Labute approximate surface area is 116 Å². The van der Waals surface area contributed by atoms with E-state index in [-0.39, 0.29) is 0 Å². The van der Waals surface area contributed by atoms with Gasteiger partial charge in [-0.25, -0.2) is 9.97 Å². The monoisotopic (exact) mass is 259 g/mol. The van der Waals surface area contributed by atoms with Crippen LogP contribution in [0.1, 0.15) is 57.2 Å². The van der Waals surface area contributed by atoms with Gasteiger partial charge in [0.05, 0.1) is 0 Å². The maximum atomic E-state index is 4.52. The fraction of sp³-hybridized carbons (Fsp3) is 0.750. The van der Waals surface area contributed by atoms with Crippen LogP contribution in [0.25, 0.3) is 0 Å². The van der Waals surface area contributed by atoms with Crippen molar-refractivity contribution in [3.05, 3.63) is 17.6 Å². The third kappa shape index (κ3) is 2.60. The number of aryl methyl sites for hydroxylation is 1. The number of nitrogens with one attached hydrogen (secondary N) is 1. The molecule has 3 nitrogen and oxygen atoms in total. The Hall–Kier alpha value is -1.12. The fourth-order valence-electron chi connectivity index (χ4n) is 3.61. The van der Waals surface area contributed by atoms with Crippen molar-refractivity contribution in [2.45, 2.75) is 64.8 Å². The summed E-state index contributed by atoms with van der Waals surface area (Å²) < 4.78 is 0. The van der Waals surface area contributed by atoms with Gasteiger partial charge in [0.25, 0.3) is 0 Å². The first-order valence-corrected chi connectivity index (χ1v) is 7.85. The van der Waals surface area contributed by atoms with Gasteiger partial charge in [0, 0.05) is 17.3 Å². The van der Waals surface area contributed by atoms with Crippen molar-refractivity contribution < 1.29 is 0 Å². The lowest BCUT2D eigenvalue weighted by Crippen LogP contribution is -2.35. The third-order valence-electron chi connectivity index (χ3n) is 5.15. The van der Waals surface area contributed by atoms with E-state index in [4.69, 9.17) is 0 Å². The number of nitrogens with zero attached hydrogens (tertiary/aromatic N) is 2. The first kappa shape index (κ1) is 12.9. The second-order valence-electron chi connectivity index (χ2n) is 6.37. The Kier molecular flexibility index (Phi) is 3.72. The van der Waals surface area contributed by atoms with Crippen molar-refractivity contribution in [1.82, 2.24) is 9.97 Å². The molecule has 0 bridgehead atoms. The van der Waals surface area contributed by atoms with Crippen molar-refractivity contribution in [2.75, 3.05) is 5.32 Å². The summed E-state index contributed by atoms with van der Waals surface area (Å²) in [5, 5.41) is 3.74. The van der Waals surface area contributed by atoms with Crippen LogP contribution in [0.2, 0.25) is 0 Å². The molecular formula is C16H25N3. The lowest BCUT2D eigenvalue weighted by Gasteiger charge is -2.35. The molecule has 2 aliphatic rings. The fourth-order valence-corrected chi connectivity index (χ4v) is 3.61. The number of anilines is 1. The van der Waals surface area contributed by atoms with E-state index in [2.05, 4.69) is 29.1 Å². The van der Waals surface area contributed by atoms with Gasteiger partial charge >= 0.3 is 0 Å². The second kappa shape index (κ2) is 5.48. The van der Waals surface area contributed by atoms with Crippen LogP contribution in [-0.2, 0) is 12.8 Å². The summed E-state index contributed by atoms with van der Waals surface area (Å²) in [4.78, 5) is 8.98. The van der Waals surface area contributed by atoms with E-state index in [9.17, 15) is 0 Å². The largest absolute Gasteiger partial charge is 0.367 e. The molecular weight excluding hydrogens is 234 g/mol. The van der Waals surface area contributed by atoms with Crippen molar-refractivity contribution in [2.24, 2.45) is 11.8 Å². The first-order chi connectivity index (χ1) is 9.25. The highest BCUT2D eigenvalue weighted by atomic mass is 15.0. The number of aromatic nitrogens is 2. The topological polar surface area (TPSA) is 37.8 Å². The van der Waals surface area contributed by atoms with Gasteiger partial charge in [0.1, 0.15) is 12.1 Å². The Balaban J connectivity index is 1.79. The highest BCUT2D eigenvalue weighted by molar-refractivity contribution is 5.47. The summed E-state index contributed by atoms with van der Waals surface area (Å²) in [6.07, 6.45) is 10.6. The van der Waals surface area contributed by atoms with Crippen LogP contribution in [0.3, 0.4) is 0 Å². The van der Waals surface area contributed by atoms with Crippen molar-refractivity contribution in [3.8, 4) is 0 Å². The molecule has 19 heavy (non-hydrogen) atoms. The van der Waals surface area contributed by atoms with Crippen LogP contribution in [0.15, 0.2) is 6.33 Å². The molecule has 104 valence electrons. The minimum absolute atomic E-state index is 0.588. The van der Waals surface area contributed by atoms with Crippen LogP contribution in [0, 0.1) is 11.8 Å². The lowest BCUT2D eigenvalue weighted by atomic mass is 9.78. The number of hydrogen-bond donors (Lipinski definition) is 1. The molecule has 3 heteroatoms. The van der Waals surface area contributed by atoms with E-state index in [0.717, 1.165) is 30.5 Å². The molecule has 1 aromatic heterocycles. The molecule has 2 aliphatic carbocycles. The molecule has 1 saturated carbocycles. The maximum absolute atomic E-state index is 4.52. The van der Waals surface area contributed by atoms with Gasteiger partial charge in [0.15, 0.2) is 0 Å². The maximum Gasteiger partial charge on any atom is 0.133 e. The van der Waals surface area contributed by atoms with Crippen LogP contribution < -0.4 is 5.32 Å². The zero-order valence-corrected chi connectivity index (χ0v) is 12.2. The molecule has 0 spiro atoms. The molecule has 3 atom stereocenters. The van der Waals surface area contributed by atoms with Crippen LogP contribution in [0.4, 0.5) is 5.82 Å². The van der Waals surface area contributed by atoms with Gasteiger partial charge < -0.3 is 5.32 Å². The van der Waals surface area contributed by atoms with Crippen molar-refractivity contribution in [1.29, 1.82) is 0 Å². The number of hydrogen-bond acceptors (Lipinski definition) is 3. The summed E-state index contributed by atoms with van der Waals surface area (Å²) in [5.74, 6) is 2.68. The Morgan fingerprint density at radius 2 is 1.89 bits per heavy atom. The average molecular weight is 259 g/mol. The molecule has 0 saturated heterocycles. The molecule has 0 amide bonds. The summed E-state index contributed by atoms with van der Waals surface area (Å²) >= 11 is 0. The summed E-state index contributed by atoms with van der Waals surface area (Å²) in [5.41, 5.74) is 2.67. The molecule has 1 aromatic rings. The first-order valence-electron chi connectivity index (χ1n) is 7.85. The number of rotatable bonds is 2. The highest BCUT2D eigenvalue weighted by Gasteiger charge is 2.28. The Morgan fingerprint density at radius 3 is 2.79 bits per heavy atom. The minimum atomic E-state index is 0.588. The van der Waals surface area contributed by atoms with Gasteiger partial charge in [-0.1, -0.05) is 26.7 Å². The Bertz CT molecular complexity index is 444. The van der Waals surface area contributed by atoms with Crippen LogP contribution >= 0.6 is 0 Å². The standard InChI is InChI=1S/C16H25N3/c1-11-6-5-9-14(12(11)2)19-16-13-7-3-4-8-15(13)17-10-18-16/h10-12,14H,3-9H2,1-2H3,(H,17,18,19). The average Bonchev–Trinajstić information content (AvgIpc) is 2.44. The van der Waals surface area contributed by atoms with Gasteiger partial charge in [0.2, 0.25) is 0 Å². The molecule has 1 fully saturated rings. The van der Waals surface area contributed by atoms with E-state index in [1.165, 1.54) is 43.4 Å². The van der Waals surface area contributed by atoms with Crippen molar-refractivity contribution in [3.63, 3.8) is 0 Å². The number of fused-ring (bicyclic) bond motifs is 1. The molecule has 1 N–H and O–H groups in total. The van der Waals surface area contributed by atoms with E-state index in [1.807, 2.05) is 0 Å². The van der Waals surface area contributed by atoms with Gasteiger partial charge in [-0.15, -0.1) is 0 Å². The predicted octanol–water partition coefficient (Wildman–Crippen LogP) is 3.59. The van der Waals surface area contributed by atoms with Crippen LogP contribution in [0.5, 0.6) is 0 Å². The molecule has 1 heterocycles. The normalized spacial score (nSPS) is 30.7. The summed E-state index contributed by atoms with van der Waals surface area (Å²) in [6, 6.07) is 0.588. The molecule has 0 aliphatic heterocycles. The summed E-state index contributed by atoms with van der Waals surface area (Å²) in [7, 11) is 0. The highest BCUT2D eigenvalue weighted by Crippen LogP contribution is 2.33. The van der Waals surface area contributed by atoms with E-state index < -0.39 is 0 Å². The lowest BCUT2D eigenvalue weighted by molar-refractivity contribution is 0.252. The zero-order valence-electron chi connectivity index (χ0n) is 12.2. The van der Waals surface area contributed by atoms with Crippen LogP contribution in [-0.4, -0.2) is 16.0 Å². The van der Waals surface area contributed by atoms with Gasteiger partial charge in [-0.05, 0) is 43.9 Å².